The molecule has 1 amide bonds. The molecule has 0 spiro atoms. The number of aryl methyl sites for hydroxylation is 1. The zero-order valence-electron chi connectivity index (χ0n) is 29.0. The lowest BCUT2D eigenvalue weighted by Gasteiger charge is -2.18. The van der Waals surface area contributed by atoms with Gasteiger partial charge in [0.25, 0.3) is 11.5 Å². The molecular formula is C39H40ClN7O5. The van der Waals surface area contributed by atoms with E-state index in [2.05, 4.69) is 26.6 Å². The Morgan fingerprint density at radius 1 is 0.942 bits per heavy atom. The van der Waals surface area contributed by atoms with Gasteiger partial charge in [-0.2, -0.15) is 0 Å². The van der Waals surface area contributed by atoms with E-state index in [4.69, 9.17) is 16.6 Å². The van der Waals surface area contributed by atoms with E-state index in [1.54, 1.807) is 37.6 Å². The molecule has 2 aliphatic heterocycles. The normalized spacial score (nSPS) is 17.8. The van der Waals surface area contributed by atoms with Gasteiger partial charge in [-0.15, -0.1) is 0 Å². The summed E-state index contributed by atoms with van der Waals surface area (Å²) in [6.07, 6.45) is 6.36. The van der Waals surface area contributed by atoms with E-state index < -0.39 is 23.4 Å². The van der Waals surface area contributed by atoms with Crippen LogP contribution in [0.15, 0.2) is 78.0 Å². The fraction of sp³-hybridized carbons (Fsp3) is 0.308. The number of amides is 1. The molecule has 0 radical (unpaired) electrons. The summed E-state index contributed by atoms with van der Waals surface area (Å²) < 4.78 is 1.37. The number of pyridine rings is 3. The van der Waals surface area contributed by atoms with Gasteiger partial charge in [0.05, 0.1) is 22.7 Å². The number of aliphatic hydroxyl groups excluding tert-OH is 1. The average molecular weight is 722 g/mol. The van der Waals surface area contributed by atoms with E-state index in [1.165, 1.54) is 4.57 Å². The second-order valence-corrected chi connectivity index (χ2v) is 14.1. The van der Waals surface area contributed by atoms with Crippen molar-refractivity contribution in [2.75, 3.05) is 36.8 Å². The molecule has 0 aliphatic carbocycles. The van der Waals surface area contributed by atoms with Gasteiger partial charge in [0.2, 0.25) is 0 Å². The molecule has 3 aromatic heterocycles. The van der Waals surface area contributed by atoms with Crippen molar-refractivity contribution in [3.05, 3.63) is 111 Å². The minimum Gasteiger partial charge on any atom is -0.481 e. The third-order valence-corrected chi connectivity index (χ3v) is 10.4. The highest BCUT2D eigenvalue weighted by atomic mass is 35.5. The van der Waals surface area contributed by atoms with E-state index in [9.17, 15) is 24.6 Å². The van der Waals surface area contributed by atoms with E-state index in [-0.39, 0.29) is 11.7 Å². The zero-order chi connectivity index (χ0) is 36.5. The third-order valence-electron chi connectivity index (χ3n) is 9.95. The van der Waals surface area contributed by atoms with Crippen LogP contribution in [-0.4, -0.2) is 78.7 Å². The lowest BCUT2D eigenvalue weighted by Crippen LogP contribution is -2.29. The molecule has 12 nitrogen and oxygen atoms in total. The van der Waals surface area contributed by atoms with Crippen LogP contribution in [0, 0.1) is 12.8 Å². The Labute approximate surface area is 305 Å². The maximum absolute atomic E-state index is 13.6. The molecule has 2 atom stereocenters. The van der Waals surface area contributed by atoms with Crippen LogP contribution in [0.1, 0.15) is 39.9 Å². The number of carboxylic acid groups (broad SMARTS) is 1. The first-order chi connectivity index (χ1) is 25.0. The Hall–Kier alpha value is -5.14. The summed E-state index contributed by atoms with van der Waals surface area (Å²) in [6.45, 7) is 5.71. The number of aromatic nitrogens is 3. The summed E-state index contributed by atoms with van der Waals surface area (Å²) in [5.74, 6) is -1.21. The van der Waals surface area contributed by atoms with Gasteiger partial charge >= 0.3 is 5.97 Å². The summed E-state index contributed by atoms with van der Waals surface area (Å²) in [6, 6.07) is 16.8. The molecule has 2 aliphatic rings. The van der Waals surface area contributed by atoms with Gasteiger partial charge in [-0.3, -0.25) is 29.2 Å². The highest BCUT2D eigenvalue weighted by Crippen LogP contribution is 2.38. The summed E-state index contributed by atoms with van der Waals surface area (Å²) in [5, 5.41) is 26.9. The minimum absolute atomic E-state index is 0.0315. The number of carbonyl (C=O) groups is 2. The number of carbonyl (C=O) groups excluding carboxylic acids is 1. The molecular weight excluding hydrogens is 682 g/mol. The van der Waals surface area contributed by atoms with Crippen LogP contribution in [0.2, 0.25) is 5.02 Å². The van der Waals surface area contributed by atoms with Crippen molar-refractivity contribution in [3.8, 4) is 11.1 Å². The van der Waals surface area contributed by atoms with E-state index in [1.807, 2.05) is 48.4 Å². The number of aliphatic carboxylic acids is 1. The molecule has 13 heteroatoms. The predicted octanol–water partition coefficient (Wildman–Crippen LogP) is 5.43. The number of nitrogens with zero attached hydrogens (tertiary/aromatic N) is 5. The van der Waals surface area contributed by atoms with Crippen LogP contribution in [0.5, 0.6) is 0 Å². The monoisotopic (exact) mass is 721 g/mol. The number of nitrogens with one attached hydrogen (secondary N) is 2. The number of benzene rings is 2. The molecule has 5 heterocycles. The number of hydrogen-bond donors (Lipinski definition) is 4. The number of likely N-dealkylation sites (tertiary alicyclic amines) is 2. The first-order valence-corrected chi connectivity index (χ1v) is 17.7. The second kappa shape index (κ2) is 14.8. The van der Waals surface area contributed by atoms with Crippen LogP contribution < -0.4 is 16.2 Å². The third kappa shape index (κ3) is 7.42. The Morgan fingerprint density at radius 3 is 2.42 bits per heavy atom. The largest absolute Gasteiger partial charge is 0.481 e. The second-order valence-electron chi connectivity index (χ2n) is 13.7. The lowest BCUT2D eigenvalue weighted by atomic mass is 9.98. The summed E-state index contributed by atoms with van der Waals surface area (Å²) in [7, 11) is 1.59. The maximum atomic E-state index is 13.6. The Morgan fingerprint density at radius 2 is 1.67 bits per heavy atom. The highest BCUT2D eigenvalue weighted by molar-refractivity contribution is 6.36. The SMILES string of the molecule is Cc1c(Nc2nccc3cc(CN4CC[C@@H](O)C4)cnc23)cccc1-c1cccc(NC(=O)c2cc(CN3CC[C@@H](C(=O)O)C3)cn(C)c2=O)c1Cl. The first kappa shape index (κ1) is 35.3. The molecule has 7 rings (SSSR count). The van der Waals surface area contributed by atoms with Crippen LogP contribution in [-0.2, 0) is 24.9 Å². The number of rotatable bonds is 10. The molecule has 0 bridgehead atoms. The van der Waals surface area contributed by atoms with Gasteiger partial charge in [0.15, 0.2) is 5.82 Å². The zero-order valence-corrected chi connectivity index (χ0v) is 29.7. The first-order valence-electron chi connectivity index (χ1n) is 17.3. The van der Waals surface area contributed by atoms with Gasteiger partial charge < -0.3 is 25.4 Å². The number of carboxylic acids is 1. The number of anilines is 3. The molecule has 0 saturated carbocycles. The predicted molar refractivity (Wildman–Crippen MR) is 201 cm³/mol. The number of aliphatic hydroxyl groups is 1. The van der Waals surface area contributed by atoms with E-state index in [0.717, 1.165) is 58.4 Å². The van der Waals surface area contributed by atoms with Crippen LogP contribution in [0.25, 0.3) is 22.0 Å². The minimum atomic E-state index is -0.815. The smallest absolute Gasteiger partial charge is 0.307 e. The lowest BCUT2D eigenvalue weighted by molar-refractivity contribution is -0.141. The topological polar surface area (TPSA) is 153 Å². The highest BCUT2D eigenvalue weighted by Gasteiger charge is 2.28. The summed E-state index contributed by atoms with van der Waals surface area (Å²) in [5.41, 5.74) is 5.68. The van der Waals surface area contributed by atoms with Gasteiger partial charge in [0, 0.05) is 75.0 Å². The molecule has 52 heavy (non-hydrogen) atoms. The van der Waals surface area contributed by atoms with Crippen molar-refractivity contribution in [2.45, 2.75) is 39.0 Å². The average Bonchev–Trinajstić information content (AvgIpc) is 3.77. The van der Waals surface area contributed by atoms with Gasteiger partial charge in [-0.05, 0) is 78.9 Å². The van der Waals surface area contributed by atoms with E-state index >= 15 is 0 Å². The van der Waals surface area contributed by atoms with Crippen molar-refractivity contribution < 1.29 is 19.8 Å². The molecule has 5 aromatic rings. The summed E-state index contributed by atoms with van der Waals surface area (Å²) >= 11 is 6.96. The molecule has 2 aromatic carbocycles. The Bertz CT molecular complexity index is 2240. The molecule has 2 saturated heterocycles. The Balaban J connectivity index is 1.10. The van der Waals surface area contributed by atoms with Gasteiger partial charge in [-0.25, -0.2) is 4.98 Å². The van der Waals surface area contributed by atoms with Crippen molar-refractivity contribution in [1.29, 1.82) is 0 Å². The maximum Gasteiger partial charge on any atom is 0.307 e. The van der Waals surface area contributed by atoms with Crippen LogP contribution >= 0.6 is 11.6 Å². The molecule has 268 valence electrons. The fourth-order valence-corrected chi connectivity index (χ4v) is 7.46. The van der Waals surface area contributed by atoms with Gasteiger partial charge in [0.1, 0.15) is 11.1 Å². The molecule has 0 unspecified atom stereocenters. The van der Waals surface area contributed by atoms with Crippen molar-refractivity contribution in [3.63, 3.8) is 0 Å². The number of β-amino-alcohol motifs (C(OH)–C–C–N with tert-alkyl or cyclic N) is 1. The van der Waals surface area contributed by atoms with Crippen molar-refractivity contribution in [2.24, 2.45) is 13.0 Å². The van der Waals surface area contributed by atoms with Crippen LogP contribution in [0.4, 0.5) is 17.2 Å². The number of hydrogen-bond acceptors (Lipinski definition) is 9. The molecule has 2 fully saturated rings. The van der Waals surface area contributed by atoms with Crippen molar-refractivity contribution >= 4 is 51.6 Å². The summed E-state index contributed by atoms with van der Waals surface area (Å²) in [4.78, 5) is 51.6. The Kier molecular flexibility index (Phi) is 10.1. The van der Waals surface area contributed by atoms with E-state index in [0.29, 0.717) is 54.7 Å². The van der Waals surface area contributed by atoms with Crippen molar-refractivity contribution in [1.82, 2.24) is 24.3 Å². The number of halogens is 1. The standard InChI is InChI=1S/C39H40ClN7O5/c1-23-29(5-3-7-32(23)43-36-35-26(9-12-41-36)15-24(17-42-35)19-47-14-11-28(48)22-47)30-6-4-8-33(34(30)40)44-37(49)31-16-25(18-45(2)38(31)50)20-46-13-10-27(21-46)39(51)52/h3-9,12,15-18,27-28,48H,10-11,13-14,19-22H2,1-2H3,(H,41,43)(H,44,49)(H,51,52)/t27-,28-/m1/s1. The number of fused-ring (bicyclic) bond motifs is 1. The fourth-order valence-electron chi connectivity index (χ4n) is 7.18. The quantitative estimate of drug-likeness (QED) is 0.147. The van der Waals surface area contributed by atoms with Gasteiger partial charge in [-0.1, -0.05) is 35.9 Å². The van der Waals surface area contributed by atoms with Crippen LogP contribution in [0.3, 0.4) is 0 Å². The molecule has 4 N–H and O–H groups in total.